The van der Waals surface area contributed by atoms with E-state index in [1.807, 2.05) is 0 Å². The average Bonchev–Trinajstić information content (AvgIpc) is 3.36. The zero-order valence-corrected chi connectivity index (χ0v) is 16.8. The van der Waals surface area contributed by atoms with E-state index in [-0.39, 0.29) is 0 Å². The number of rotatable bonds is 1. The van der Waals surface area contributed by atoms with Crippen molar-refractivity contribution in [3.63, 3.8) is 0 Å². The van der Waals surface area contributed by atoms with Gasteiger partial charge in [0.2, 0.25) is 0 Å². The maximum atomic E-state index is 4.85. The van der Waals surface area contributed by atoms with Crippen LogP contribution in [0.15, 0.2) is 42.5 Å². The summed E-state index contributed by atoms with van der Waals surface area (Å²) in [5.41, 5.74) is 8.30. The Bertz CT molecular complexity index is 1110. The Labute approximate surface area is 166 Å². The van der Waals surface area contributed by atoms with Crippen molar-refractivity contribution in [1.82, 2.24) is 9.55 Å². The Morgan fingerprint density at radius 1 is 1.04 bits per heavy atom. The molecule has 0 amide bonds. The summed E-state index contributed by atoms with van der Waals surface area (Å²) in [5.74, 6) is 1.16. The minimum atomic E-state index is 0.301. The largest absolute Gasteiger partial charge is 0.337 e. The number of nitrogens with zero attached hydrogens (tertiary/aromatic N) is 3. The number of hydrogen-bond donors (Lipinski definition) is 0. The zero-order valence-electron chi connectivity index (χ0n) is 16.8. The van der Waals surface area contributed by atoms with Gasteiger partial charge in [-0.3, -0.25) is 0 Å². The average molecular weight is 370 g/mol. The first-order valence-electron chi connectivity index (χ1n) is 10.8. The Morgan fingerprint density at radius 2 is 1.86 bits per heavy atom. The van der Waals surface area contributed by atoms with E-state index in [0.717, 1.165) is 17.8 Å². The molecule has 1 spiro atoms. The highest BCUT2D eigenvalue weighted by molar-refractivity contribution is 5.88. The van der Waals surface area contributed by atoms with Gasteiger partial charge in [0.25, 0.3) is 0 Å². The molecule has 1 atom stereocenters. The molecule has 0 bridgehead atoms. The molecular formula is C25H27N3. The highest BCUT2D eigenvalue weighted by Gasteiger charge is 2.49. The van der Waals surface area contributed by atoms with Crippen LogP contribution in [0.2, 0.25) is 0 Å². The van der Waals surface area contributed by atoms with Gasteiger partial charge in [-0.15, -0.1) is 0 Å². The van der Waals surface area contributed by atoms with E-state index >= 15 is 0 Å². The van der Waals surface area contributed by atoms with E-state index in [9.17, 15) is 0 Å². The van der Waals surface area contributed by atoms with Crippen molar-refractivity contribution >= 4 is 28.6 Å². The van der Waals surface area contributed by atoms with Gasteiger partial charge in [-0.2, -0.15) is 0 Å². The Balaban J connectivity index is 1.57. The van der Waals surface area contributed by atoms with Gasteiger partial charge in [-0.1, -0.05) is 43.5 Å². The summed E-state index contributed by atoms with van der Waals surface area (Å²) in [6.45, 7) is 4.70. The second-order valence-electron chi connectivity index (χ2n) is 8.89. The molecule has 1 aromatic heterocycles. The van der Waals surface area contributed by atoms with Crippen LogP contribution in [0.4, 0.5) is 11.4 Å². The maximum Gasteiger partial charge on any atom is 0.117 e. The van der Waals surface area contributed by atoms with Crippen LogP contribution in [0.1, 0.15) is 56.0 Å². The van der Waals surface area contributed by atoms with Crippen molar-refractivity contribution in [3.05, 3.63) is 59.4 Å². The van der Waals surface area contributed by atoms with E-state index in [4.69, 9.17) is 4.98 Å². The summed E-state index contributed by atoms with van der Waals surface area (Å²) in [6.07, 6.45) is 12.0. The number of para-hydroxylation sites is 1. The van der Waals surface area contributed by atoms with Crippen molar-refractivity contribution in [2.75, 3.05) is 4.90 Å². The van der Waals surface area contributed by atoms with E-state index in [1.54, 1.807) is 5.56 Å². The number of aryl methyl sites for hydroxylation is 1. The van der Waals surface area contributed by atoms with E-state index in [0.29, 0.717) is 11.5 Å². The van der Waals surface area contributed by atoms with Gasteiger partial charge in [-0.05, 0) is 56.0 Å². The standard InChI is InChI=1S/C25H27N3/c1-17-15-20-23(27-14-8-11-24(27)26-20)16-22(17)28-18(2)25(12-6-3-7-13-25)19-9-4-5-10-21(19)28/h4-5,8-10,14-16,18H,3,6-7,11-13H2,1-2H3. The number of fused-ring (bicyclic) bond motifs is 5. The van der Waals surface area contributed by atoms with Gasteiger partial charge in [0.15, 0.2) is 0 Å². The molecule has 0 saturated heterocycles. The van der Waals surface area contributed by atoms with Crippen molar-refractivity contribution in [1.29, 1.82) is 0 Å². The van der Waals surface area contributed by atoms with Crippen LogP contribution in [0.3, 0.4) is 0 Å². The molecule has 1 aliphatic carbocycles. The molecule has 3 nitrogen and oxygen atoms in total. The number of benzene rings is 2. The summed E-state index contributed by atoms with van der Waals surface area (Å²) in [4.78, 5) is 7.48. The lowest BCUT2D eigenvalue weighted by atomic mass is 9.67. The zero-order chi connectivity index (χ0) is 18.9. The van der Waals surface area contributed by atoms with Crippen molar-refractivity contribution in [3.8, 4) is 0 Å². The van der Waals surface area contributed by atoms with Gasteiger partial charge in [-0.25, -0.2) is 4.98 Å². The molecule has 28 heavy (non-hydrogen) atoms. The predicted molar refractivity (Wildman–Crippen MR) is 116 cm³/mol. The SMILES string of the molecule is Cc1cc2nc3n(c2cc1N1c2ccccc2C2(CCCCC2)C1C)C=CC3. The number of aromatic nitrogens is 2. The third kappa shape index (κ3) is 2.02. The second-order valence-corrected chi connectivity index (χ2v) is 8.89. The number of imidazole rings is 1. The lowest BCUT2D eigenvalue weighted by molar-refractivity contribution is 0.268. The van der Waals surface area contributed by atoms with E-state index in [1.165, 1.54) is 54.6 Å². The van der Waals surface area contributed by atoms with Crippen LogP contribution in [0, 0.1) is 6.92 Å². The van der Waals surface area contributed by atoms with Crippen molar-refractivity contribution in [2.24, 2.45) is 0 Å². The first kappa shape index (κ1) is 16.4. The van der Waals surface area contributed by atoms with Crippen LogP contribution in [0.5, 0.6) is 0 Å². The molecule has 0 radical (unpaired) electrons. The van der Waals surface area contributed by atoms with Gasteiger partial charge in [0.1, 0.15) is 5.82 Å². The fraction of sp³-hybridized carbons (Fsp3) is 0.400. The van der Waals surface area contributed by atoms with Crippen LogP contribution < -0.4 is 4.90 Å². The monoisotopic (exact) mass is 369 g/mol. The Morgan fingerprint density at radius 3 is 2.71 bits per heavy atom. The summed E-state index contributed by atoms with van der Waals surface area (Å²) in [6, 6.07) is 14.3. The molecular weight excluding hydrogens is 342 g/mol. The Kier molecular flexibility index (Phi) is 3.36. The fourth-order valence-corrected chi connectivity index (χ4v) is 6.11. The summed E-state index contributed by atoms with van der Waals surface area (Å²) >= 11 is 0. The summed E-state index contributed by atoms with van der Waals surface area (Å²) in [7, 11) is 0. The lowest BCUT2D eigenvalue weighted by Gasteiger charge is -2.40. The third-order valence-electron chi connectivity index (χ3n) is 7.53. The van der Waals surface area contributed by atoms with Crippen molar-refractivity contribution in [2.45, 2.75) is 63.8 Å². The smallest absolute Gasteiger partial charge is 0.117 e. The summed E-state index contributed by atoms with van der Waals surface area (Å²) in [5, 5.41) is 0. The van der Waals surface area contributed by atoms with Crippen LogP contribution in [-0.4, -0.2) is 15.6 Å². The normalized spacial score (nSPS) is 22.2. The molecule has 3 heteroatoms. The summed E-state index contributed by atoms with van der Waals surface area (Å²) < 4.78 is 2.27. The molecule has 1 fully saturated rings. The van der Waals surface area contributed by atoms with Gasteiger partial charge in [0, 0.05) is 35.5 Å². The number of anilines is 2. The number of hydrogen-bond acceptors (Lipinski definition) is 2. The molecule has 142 valence electrons. The van der Waals surface area contributed by atoms with Crippen LogP contribution in [-0.2, 0) is 11.8 Å². The topological polar surface area (TPSA) is 21.1 Å². The third-order valence-corrected chi connectivity index (χ3v) is 7.53. The highest BCUT2D eigenvalue weighted by atomic mass is 15.2. The quantitative estimate of drug-likeness (QED) is 0.516. The van der Waals surface area contributed by atoms with E-state index < -0.39 is 0 Å². The van der Waals surface area contributed by atoms with Crippen molar-refractivity contribution < 1.29 is 0 Å². The molecule has 3 aliphatic rings. The second kappa shape index (κ2) is 5.73. The molecule has 2 aromatic carbocycles. The highest BCUT2D eigenvalue weighted by Crippen LogP contribution is 2.55. The minimum Gasteiger partial charge on any atom is -0.337 e. The molecule has 6 rings (SSSR count). The first-order chi connectivity index (χ1) is 13.7. The first-order valence-corrected chi connectivity index (χ1v) is 10.8. The molecule has 1 saturated carbocycles. The predicted octanol–water partition coefficient (Wildman–Crippen LogP) is 6.11. The van der Waals surface area contributed by atoms with Gasteiger partial charge < -0.3 is 9.47 Å². The minimum absolute atomic E-state index is 0.301. The molecule has 1 unspecified atom stereocenters. The molecule has 3 heterocycles. The fourth-order valence-electron chi connectivity index (χ4n) is 6.11. The van der Waals surface area contributed by atoms with E-state index in [2.05, 4.69) is 72.0 Å². The van der Waals surface area contributed by atoms with Crippen LogP contribution in [0.25, 0.3) is 17.2 Å². The molecule has 2 aliphatic heterocycles. The van der Waals surface area contributed by atoms with Gasteiger partial charge in [0.05, 0.1) is 11.0 Å². The molecule has 0 N–H and O–H groups in total. The number of allylic oxidation sites excluding steroid dienone is 1. The van der Waals surface area contributed by atoms with Gasteiger partial charge >= 0.3 is 0 Å². The maximum absolute atomic E-state index is 4.85. The van der Waals surface area contributed by atoms with Crippen LogP contribution >= 0.6 is 0 Å². The molecule has 3 aromatic rings. The lowest BCUT2D eigenvalue weighted by Crippen LogP contribution is -2.42. The Hall–Kier alpha value is -2.55.